The van der Waals surface area contributed by atoms with Gasteiger partial charge in [0.1, 0.15) is 0 Å². The quantitative estimate of drug-likeness (QED) is 0.552. The number of rotatable bonds is 0. The van der Waals surface area contributed by atoms with Crippen molar-refractivity contribution in [3.63, 3.8) is 0 Å². The van der Waals surface area contributed by atoms with Crippen molar-refractivity contribution in [1.29, 1.82) is 0 Å². The van der Waals surface area contributed by atoms with Crippen LogP contribution in [0.4, 0.5) is 0 Å². The molecule has 0 aromatic heterocycles. The van der Waals surface area contributed by atoms with Crippen LogP contribution in [0.1, 0.15) is 19.8 Å². The summed E-state index contributed by atoms with van der Waals surface area (Å²) in [5.41, 5.74) is 6.44. The van der Waals surface area contributed by atoms with Crippen LogP contribution in [0.25, 0.3) is 0 Å². The number of nitrogens with two attached hydrogens (primary N) is 1. The Morgan fingerprint density at radius 1 is 1.67 bits per heavy atom. The van der Waals surface area contributed by atoms with E-state index in [1.165, 1.54) is 18.6 Å². The van der Waals surface area contributed by atoms with Crippen LogP contribution in [0.2, 0.25) is 0 Å². The van der Waals surface area contributed by atoms with Gasteiger partial charge in [-0.3, -0.25) is 0 Å². The summed E-state index contributed by atoms with van der Waals surface area (Å²) in [6.07, 6.45) is 2.67. The molecule has 0 amide bonds. The Kier molecular flexibility index (Phi) is 1.12. The van der Waals surface area contributed by atoms with Crippen molar-refractivity contribution in [3.8, 4) is 0 Å². The van der Waals surface area contributed by atoms with E-state index in [4.69, 9.17) is 5.73 Å². The molecule has 1 nitrogen and oxygen atoms in total. The molecule has 0 radical (unpaired) electrons. The van der Waals surface area contributed by atoms with Crippen molar-refractivity contribution in [3.05, 3.63) is 0 Å². The first-order valence-corrected chi connectivity index (χ1v) is 4.68. The highest BCUT2D eigenvalue weighted by atomic mass is 32.2. The van der Waals surface area contributed by atoms with Gasteiger partial charge in [0.25, 0.3) is 0 Å². The van der Waals surface area contributed by atoms with Gasteiger partial charge >= 0.3 is 0 Å². The molecule has 52 valence electrons. The molecule has 1 aliphatic heterocycles. The molecular formula is C7H13NS. The molecule has 1 heterocycles. The molecular weight excluding hydrogens is 130 g/mol. The molecule has 2 rings (SSSR count). The van der Waals surface area contributed by atoms with E-state index < -0.39 is 0 Å². The van der Waals surface area contributed by atoms with Crippen LogP contribution in [0.15, 0.2) is 0 Å². The van der Waals surface area contributed by atoms with Crippen molar-refractivity contribution in [2.75, 3.05) is 5.75 Å². The van der Waals surface area contributed by atoms with Crippen LogP contribution in [0, 0.1) is 5.41 Å². The van der Waals surface area contributed by atoms with Gasteiger partial charge in [-0.15, -0.1) is 0 Å². The lowest BCUT2D eigenvalue weighted by Gasteiger charge is -2.11. The van der Waals surface area contributed by atoms with Gasteiger partial charge in [0.2, 0.25) is 0 Å². The predicted octanol–water partition coefficient (Wildman–Crippen LogP) is 1.23. The van der Waals surface area contributed by atoms with Gasteiger partial charge in [0.15, 0.2) is 0 Å². The minimum absolute atomic E-state index is 0.544. The lowest BCUT2D eigenvalue weighted by molar-refractivity contribution is 0.494. The minimum atomic E-state index is 0.544. The fraction of sp³-hybridized carbons (Fsp3) is 1.00. The Morgan fingerprint density at radius 2 is 2.33 bits per heavy atom. The SMILES string of the molecule is CC1SCCC12CC2N. The average molecular weight is 143 g/mol. The van der Waals surface area contributed by atoms with Crippen molar-refractivity contribution in [1.82, 2.24) is 0 Å². The second-order valence-electron chi connectivity index (χ2n) is 3.31. The van der Waals surface area contributed by atoms with Crippen LogP contribution < -0.4 is 5.73 Å². The largest absolute Gasteiger partial charge is 0.327 e. The average Bonchev–Trinajstić information content (AvgIpc) is 2.29. The summed E-state index contributed by atoms with van der Waals surface area (Å²) < 4.78 is 0. The summed E-state index contributed by atoms with van der Waals surface area (Å²) in [4.78, 5) is 0. The van der Waals surface area contributed by atoms with Gasteiger partial charge in [0.05, 0.1) is 0 Å². The topological polar surface area (TPSA) is 26.0 Å². The molecule has 0 bridgehead atoms. The van der Waals surface area contributed by atoms with Crippen molar-refractivity contribution in [2.45, 2.75) is 31.1 Å². The van der Waals surface area contributed by atoms with Gasteiger partial charge in [-0.2, -0.15) is 11.8 Å². The highest BCUT2D eigenvalue weighted by Gasteiger charge is 2.57. The van der Waals surface area contributed by atoms with E-state index in [0.717, 1.165) is 5.25 Å². The zero-order chi connectivity index (χ0) is 6.48. The van der Waals surface area contributed by atoms with Gasteiger partial charge in [-0.25, -0.2) is 0 Å². The monoisotopic (exact) mass is 143 g/mol. The third-order valence-electron chi connectivity index (χ3n) is 2.92. The molecule has 1 aliphatic carbocycles. The molecule has 1 saturated carbocycles. The first-order chi connectivity index (χ1) is 4.26. The summed E-state index contributed by atoms with van der Waals surface area (Å²) in [5.74, 6) is 1.34. The maximum absolute atomic E-state index is 5.84. The molecule has 0 aromatic rings. The highest BCUT2D eigenvalue weighted by molar-refractivity contribution is 8.00. The zero-order valence-corrected chi connectivity index (χ0v) is 6.58. The molecule has 2 heteroatoms. The smallest absolute Gasteiger partial charge is 0.0113 e. The first kappa shape index (κ1) is 6.05. The molecule has 1 spiro atoms. The lowest BCUT2D eigenvalue weighted by Crippen LogP contribution is -2.18. The zero-order valence-electron chi connectivity index (χ0n) is 5.76. The highest BCUT2D eigenvalue weighted by Crippen LogP contribution is 2.59. The van der Waals surface area contributed by atoms with Crippen LogP contribution in [-0.4, -0.2) is 17.0 Å². The number of thioether (sulfide) groups is 1. The Hall–Kier alpha value is 0.310. The van der Waals surface area contributed by atoms with Crippen molar-refractivity contribution in [2.24, 2.45) is 11.1 Å². The predicted molar refractivity (Wildman–Crippen MR) is 41.6 cm³/mol. The molecule has 3 atom stereocenters. The van der Waals surface area contributed by atoms with E-state index in [1.54, 1.807) is 0 Å². The molecule has 9 heavy (non-hydrogen) atoms. The van der Waals surface area contributed by atoms with Crippen LogP contribution in [0.5, 0.6) is 0 Å². The fourth-order valence-electron chi connectivity index (χ4n) is 1.90. The number of hydrogen-bond acceptors (Lipinski definition) is 2. The van der Waals surface area contributed by atoms with E-state index in [0.29, 0.717) is 11.5 Å². The normalized spacial score (nSPS) is 56.7. The number of hydrogen-bond donors (Lipinski definition) is 1. The van der Waals surface area contributed by atoms with Crippen LogP contribution in [0.3, 0.4) is 0 Å². The van der Waals surface area contributed by atoms with Crippen LogP contribution >= 0.6 is 11.8 Å². The second kappa shape index (κ2) is 1.67. The fourth-order valence-corrected chi connectivity index (χ4v) is 3.47. The summed E-state index contributed by atoms with van der Waals surface area (Å²) in [7, 11) is 0. The van der Waals surface area contributed by atoms with Gasteiger partial charge in [0, 0.05) is 11.3 Å². The third kappa shape index (κ3) is 0.665. The Morgan fingerprint density at radius 3 is 2.56 bits per heavy atom. The third-order valence-corrected chi connectivity index (χ3v) is 4.33. The molecule has 2 fully saturated rings. The Balaban J connectivity index is 2.12. The van der Waals surface area contributed by atoms with Crippen LogP contribution in [-0.2, 0) is 0 Å². The molecule has 2 N–H and O–H groups in total. The molecule has 1 saturated heterocycles. The standard InChI is InChI=1S/C7H13NS/c1-5-7(2-3-9-5)4-6(7)8/h5-6H,2-4,8H2,1H3. The Labute approximate surface area is 60.4 Å². The minimum Gasteiger partial charge on any atom is -0.327 e. The second-order valence-corrected chi connectivity index (χ2v) is 4.76. The lowest BCUT2D eigenvalue weighted by atomic mass is 10.00. The van der Waals surface area contributed by atoms with E-state index in [9.17, 15) is 0 Å². The molecule has 3 unspecified atom stereocenters. The van der Waals surface area contributed by atoms with Crippen molar-refractivity contribution >= 4 is 11.8 Å². The van der Waals surface area contributed by atoms with Gasteiger partial charge < -0.3 is 5.73 Å². The Bertz CT molecular complexity index is 137. The molecule has 0 aromatic carbocycles. The van der Waals surface area contributed by atoms with E-state index in [1.807, 2.05) is 0 Å². The first-order valence-electron chi connectivity index (χ1n) is 3.63. The van der Waals surface area contributed by atoms with E-state index >= 15 is 0 Å². The van der Waals surface area contributed by atoms with Crippen molar-refractivity contribution < 1.29 is 0 Å². The van der Waals surface area contributed by atoms with Gasteiger partial charge in [-0.1, -0.05) is 6.92 Å². The maximum Gasteiger partial charge on any atom is 0.0113 e. The molecule has 2 aliphatic rings. The summed E-state index contributed by atoms with van der Waals surface area (Å²) in [6, 6.07) is 0.544. The van der Waals surface area contributed by atoms with E-state index in [-0.39, 0.29) is 0 Å². The maximum atomic E-state index is 5.84. The summed E-state index contributed by atoms with van der Waals surface area (Å²) in [5, 5.41) is 0.840. The van der Waals surface area contributed by atoms with Gasteiger partial charge in [-0.05, 0) is 24.0 Å². The van der Waals surface area contributed by atoms with E-state index in [2.05, 4.69) is 18.7 Å². The summed E-state index contributed by atoms with van der Waals surface area (Å²) in [6.45, 7) is 2.32. The summed E-state index contributed by atoms with van der Waals surface area (Å²) >= 11 is 2.09.